The highest BCUT2D eigenvalue weighted by atomic mass is 16.3. The molecule has 2 N–H and O–H groups in total. The van der Waals surface area contributed by atoms with E-state index in [1.807, 2.05) is 48.5 Å². The molecule has 6 heteroatoms. The second-order valence-corrected chi connectivity index (χ2v) is 8.18. The first-order valence-electron chi connectivity index (χ1n) is 10.4. The van der Waals surface area contributed by atoms with Gasteiger partial charge in [-0.05, 0) is 42.5 Å². The van der Waals surface area contributed by atoms with Crippen molar-refractivity contribution < 1.29 is 5.11 Å². The summed E-state index contributed by atoms with van der Waals surface area (Å²) in [4.78, 5) is 17.0. The Bertz CT molecular complexity index is 1480. The molecule has 1 fully saturated rings. The van der Waals surface area contributed by atoms with Gasteiger partial charge in [0.1, 0.15) is 0 Å². The molecule has 1 saturated carbocycles. The van der Waals surface area contributed by atoms with Gasteiger partial charge in [-0.3, -0.25) is 0 Å². The Morgan fingerprint density at radius 3 is 2.45 bits per heavy atom. The molecule has 31 heavy (non-hydrogen) atoms. The summed E-state index contributed by atoms with van der Waals surface area (Å²) in [6, 6.07) is 22.0. The number of rotatable bonds is 3. The van der Waals surface area contributed by atoms with Gasteiger partial charge >= 0.3 is 5.69 Å². The minimum atomic E-state index is -0.684. The highest BCUT2D eigenvalue weighted by Gasteiger charge is 2.36. The smallest absolute Gasteiger partial charge is 0.347 e. The van der Waals surface area contributed by atoms with Crippen LogP contribution in [0.5, 0.6) is 0 Å². The average Bonchev–Trinajstić information content (AvgIpc) is 3.18. The molecule has 1 aliphatic rings. The minimum Gasteiger partial charge on any atom is -0.385 e. The molecule has 0 radical (unpaired) electrons. The van der Waals surface area contributed by atoms with E-state index in [0.717, 1.165) is 58.1 Å². The van der Waals surface area contributed by atoms with E-state index < -0.39 is 5.60 Å². The second kappa shape index (κ2) is 6.62. The van der Waals surface area contributed by atoms with Gasteiger partial charge in [-0.2, -0.15) is 5.10 Å². The zero-order valence-corrected chi connectivity index (χ0v) is 16.7. The van der Waals surface area contributed by atoms with Crippen LogP contribution in [0.25, 0.3) is 38.9 Å². The molecule has 152 valence electrons. The van der Waals surface area contributed by atoms with E-state index in [-0.39, 0.29) is 5.69 Å². The van der Waals surface area contributed by atoms with Gasteiger partial charge in [0, 0.05) is 22.7 Å². The Labute approximate surface area is 177 Å². The molecule has 2 aromatic carbocycles. The van der Waals surface area contributed by atoms with Crippen LogP contribution in [0.15, 0.2) is 77.7 Å². The number of aliphatic hydroxyl groups is 1. The lowest BCUT2D eigenvalue weighted by atomic mass is 9.75. The SMILES string of the molecule is O=c1[nH]nc2c3cc(-c4ccccc4)c(-c4ccc(C5(O)CCC5)cc4)nc3ccn12. The summed E-state index contributed by atoms with van der Waals surface area (Å²) in [6.45, 7) is 0. The third kappa shape index (κ3) is 2.79. The number of pyridine rings is 2. The Morgan fingerprint density at radius 2 is 1.74 bits per heavy atom. The van der Waals surface area contributed by atoms with Crippen LogP contribution >= 0.6 is 0 Å². The molecule has 0 bridgehead atoms. The Morgan fingerprint density at radius 1 is 0.968 bits per heavy atom. The molecule has 1 aliphatic carbocycles. The van der Waals surface area contributed by atoms with Crippen LogP contribution in [-0.2, 0) is 5.60 Å². The predicted molar refractivity (Wildman–Crippen MR) is 120 cm³/mol. The number of fused-ring (bicyclic) bond motifs is 3. The number of hydrogen-bond acceptors (Lipinski definition) is 4. The lowest BCUT2D eigenvalue weighted by Gasteiger charge is -2.37. The van der Waals surface area contributed by atoms with Crippen LogP contribution in [0.4, 0.5) is 0 Å². The molecule has 0 atom stereocenters. The van der Waals surface area contributed by atoms with Crippen LogP contribution in [0.3, 0.4) is 0 Å². The molecule has 0 amide bonds. The average molecular weight is 408 g/mol. The van der Waals surface area contributed by atoms with Crippen molar-refractivity contribution in [2.24, 2.45) is 0 Å². The highest BCUT2D eigenvalue weighted by molar-refractivity contribution is 5.98. The van der Waals surface area contributed by atoms with Crippen molar-refractivity contribution in [2.75, 3.05) is 0 Å². The summed E-state index contributed by atoms with van der Waals surface area (Å²) < 4.78 is 1.49. The highest BCUT2D eigenvalue weighted by Crippen LogP contribution is 2.42. The normalized spacial score (nSPS) is 15.3. The van der Waals surface area contributed by atoms with Crippen molar-refractivity contribution in [3.8, 4) is 22.4 Å². The monoisotopic (exact) mass is 408 g/mol. The van der Waals surface area contributed by atoms with Gasteiger partial charge in [-0.1, -0.05) is 54.6 Å². The van der Waals surface area contributed by atoms with Crippen molar-refractivity contribution in [2.45, 2.75) is 24.9 Å². The molecule has 5 aromatic rings. The van der Waals surface area contributed by atoms with E-state index in [4.69, 9.17) is 4.98 Å². The Kier molecular flexibility index (Phi) is 3.85. The number of H-pyrrole nitrogens is 1. The molecular formula is C25H20N4O2. The quantitative estimate of drug-likeness (QED) is 0.467. The first kappa shape index (κ1) is 18.0. The largest absolute Gasteiger partial charge is 0.385 e. The number of benzene rings is 2. The second-order valence-electron chi connectivity index (χ2n) is 8.18. The van der Waals surface area contributed by atoms with Gasteiger partial charge in [-0.15, -0.1) is 0 Å². The predicted octanol–water partition coefficient (Wildman–Crippen LogP) is 4.28. The summed E-state index contributed by atoms with van der Waals surface area (Å²) in [5.41, 5.74) is 5.16. The fourth-order valence-electron chi connectivity index (χ4n) is 4.41. The molecule has 3 heterocycles. The van der Waals surface area contributed by atoms with Gasteiger partial charge in [0.2, 0.25) is 0 Å². The lowest BCUT2D eigenvalue weighted by Crippen LogP contribution is -2.33. The fraction of sp³-hybridized carbons (Fsp3) is 0.160. The topological polar surface area (TPSA) is 83.3 Å². The third-order valence-corrected chi connectivity index (χ3v) is 6.34. The van der Waals surface area contributed by atoms with E-state index in [1.54, 1.807) is 6.20 Å². The first-order valence-corrected chi connectivity index (χ1v) is 10.4. The van der Waals surface area contributed by atoms with Crippen molar-refractivity contribution in [1.29, 1.82) is 0 Å². The Hall–Kier alpha value is -3.77. The molecule has 6 rings (SSSR count). The number of hydrogen-bond donors (Lipinski definition) is 2. The molecule has 0 unspecified atom stereocenters. The lowest BCUT2D eigenvalue weighted by molar-refractivity contribution is -0.0387. The summed E-state index contributed by atoms with van der Waals surface area (Å²) in [6.07, 6.45) is 4.38. The molecule has 0 aliphatic heterocycles. The molecule has 3 aromatic heterocycles. The maximum absolute atomic E-state index is 12.0. The van der Waals surface area contributed by atoms with Gasteiger partial charge in [0.15, 0.2) is 5.65 Å². The van der Waals surface area contributed by atoms with E-state index in [2.05, 4.69) is 28.4 Å². The number of aromatic nitrogens is 4. The Balaban J connectivity index is 1.59. The van der Waals surface area contributed by atoms with Crippen LogP contribution in [0, 0.1) is 0 Å². The zero-order chi connectivity index (χ0) is 21.0. The van der Waals surface area contributed by atoms with Crippen LogP contribution in [0.2, 0.25) is 0 Å². The van der Waals surface area contributed by atoms with Crippen LogP contribution in [0.1, 0.15) is 24.8 Å². The minimum absolute atomic E-state index is 0.272. The van der Waals surface area contributed by atoms with Crippen LogP contribution in [-0.4, -0.2) is 24.7 Å². The van der Waals surface area contributed by atoms with E-state index in [0.29, 0.717) is 5.65 Å². The van der Waals surface area contributed by atoms with E-state index >= 15 is 0 Å². The number of aromatic amines is 1. The van der Waals surface area contributed by atoms with Gasteiger partial charge in [0.25, 0.3) is 0 Å². The molecular weight excluding hydrogens is 388 g/mol. The summed E-state index contributed by atoms with van der Waals surface area (Å²) >= 11 is 0. The summed E-state index contributed by atoms with van der Waals surface area (Å²) in [7, 11) is 0. The summed E-state index contributed by atoms with van der Waals surface area (Å²) in [5.74, 6) is 0. The zero-order valence-electron chi connectivity index (χ0n) is 16.7. The van der Waals surface area contributed by atoms with Gasteiger partial charge < -0.3 is 5.11 Å². The van der Waals surface area contributed by atoms with Crippen molar-refractivity contribution in [1.82, 2.24) is 19.6 Å². The molecule has 0 saturated heterocycles. The number of nitrogens with one attached hydrogen (secondary N) is 1. The standard InChI is InChI=1S/C25H20N4O2/c30-24-28-27-23-20-15-19(16-5-2-1-3-6-16)22(26-21(20)11-14-29(23)24)17-7-9-18(10-8-17)25(31)12-4-13-25/h1-3,5-11,14-15,31H,4,12-13H2,(H,28,30). The van der Waals surface area contributed by atoms with Gasteiger partial charge in [-0.25, -0.2) is 19.3 Å². The first-order chi connectivity index (χ1) is 15.1. The number of nitrogens with zero attached hydrogens (tertiary/aromatic N) is 3. The van der Waals surface area contributed by atoms with Crippen LogP contribution < -0.4 is 5.69 Å². The van der Waals surface area contributed by atoms with Crippen molar-refractivity contribution >= 4 is 16.6 Å². The maximum atomic E-state index is 12.0. The fourth-order valence-corrected chi connectivity index (χ4v) is 4.41. The van der Waals surface area contributed by atoms with E-state index in [1.165, 1.54) is 4.40 Å². The molecule has 0 spiro atoms. The third-order valence-electron chi connectivity index (χ3n) is 6.34. The maximum Gasteiger partial charge on any atom is 0.347 e. The van der Waals surface area contributed by atoms with Crippen molar-refractivity contribution in [3.63, 3.8) is 0 Å². The van der Waals surface area contributed by atoms with Crippen molar-refractivity contribution in [3.05, 3.63) is 89.0 Å². The summed E-state index contributed by atoms with van der Waals surface area (Å²) in [5, 5.41) is 18.2. The van der Waals surface area contributed by atoms with E-state index in [9.17, 15) is 9.90 Å². The molecule has 6 nitrogen and oxygen atoms in total. The van der Waals surface area contributed by atoms with Gasteiger partial charge in [0.05, 0.1) is 16.8 Å².